The van der Waals surface area contributed by atoms with Crippen LogP contribution in [0, 0.1) is 0 Å². The third-order valence-electron chi connectivity index (χ3n) is 4.22. The minimum Gasteiger partial charge on any atom is -0.487 e. The molecule has 1 aromatic rings. The van der Waals surface area contributed by atoms with E-state index >= 15 is 0 Å². The van der Waals surface area contributed by atoms with Crippen LogP contribution in [0.15, 0.2) is 24.3 Å². The Bertz CT molecular complexity index is 396. The molecule has 0 spiro atoms. The highest BCUT2D eigenvalue weighted by Crippen LogP contribution is 2.36. The first kappa shape index (κ1) is 11.9. The lowest BCUT2D eigenvalue weighted by Crippen LogP contribution is -2.44. The first-order valence-corrected chi connectivity index (χ1v) is 7.37. The number of fused-ring (bicyclic) bond motifs is 1. The maximum absolute atomic E-state index is 5.94. The van der Waals surface area contributed by atoms with E-state index in [2.05, 4.69) is 36.1 Å². The molecule has 2 heteroatoms. The summed E-state index contributed by atoms with van der Waals surface area (Å²) in [5, 5.41) is 0. The van der Waals surface area contributed by atoms with Gasteiger partial charge in [-0.1, -0.05) is 37.8 Å². The summed E-state index contributed by atoms with van der Waals surface area (Å²) in [5.74, 6) is 1.07. The highest BCUT2D eigenvalue weighted by molar-refractivity contribution is 5.60. The predicted molar refractivity (Wildman–Crippen MR) is 75.4 cm³/mol. The molecule has 1 aliphatic carbocycles. The lowest BCUT2D eigenvalue weighted by molar-refractivity contribution is 0.205. The van der Waals surface area contributed by atoms with Crippen LogP contribution < -0.4 is 9.64 Å². The van der Waals surface area contributed by atoms with E-state index in [9.17, 15) is 0 Å². The highest BCUT2D eigenvalue weighted by atomic mass is 16.5. The Morgan fingerprint density at radius 3 is 2.56 bits per heavy atom. The summed E-state index contributed by atoms with van der Waals surface area (Å²) in [6.07, 6.45) is 8.61. The van der Waals surface area contributed by atoms with Gasteiger partial charge in [0.1, 0.15) is 11.9 Å². The average Bonchev–Trinajstić information content (AvgIpc) is 2.66. The molecule has 3 rings (SSSR count). The van der Waals surface area contributed by atoms with E-state index in [0.717, 1.165) is 18.3 Å². The molecule has 1 aromatic carbocycles. The second-order valence-corrected chi connectivity index (χ2v) is 5.69. The molecule has 0 radical (unpaired) electrons. The first-order valence-electron chi connectivity index (χ1n) is 7.37. The quantitative estimate of drug-likeness (QED) is 0.693. The predicted octanol–water partition coefficient (Wildman–Crippen LogP) is 4.00. The van der Waals surface area contributed by atoms with E-state index in [0.29, 0.717) is 6.10 Å². The van der Waals surface area contributed by atoms with Crippen molar-refractivity contribution in [3.05, 3.63) is 24.3 Å². The van der Waals surface area contributed by atoms with Gasteiger partial charge in [0, 0.05) is 6.04 Å². The Morgan fingerprint density at radius 2 is 1.78 bits per heavy atom. The number of para-hydroxylation sites is 2. The van der Waals surface area contributed by atoms with Crippen LogP contribution >= 0.6 is 0 Å². The van der Waals surface area contributed by atoms with E-state index in [1.54, 1.807) is 0 Å². The van der Waals surface area contributed by atoms with Crippen LogP contribution in [0.3, 0.4) is 0 Å². The molecule has 2 aliphatic rings. The second-order valence-electron chi connectivity index (χ2n) is 5.69. The Hall–Kier alpha value is -1.18. The molecule has 18 heavy (non-hydrogen) atoms. The third-order valence-corrected chi connectivity index (χ3v) is 4.22. The summed E-state index contributed by atoms with van der Waals surface area (Å²) < 4.78 is 5.94. The molecule has 1 unspecified atom stereocenters. The van der Waals surface area contributed by atoms with Crippen molar-refractivity contribution in [3.8, 4) is 5.75 Å². The summed E-state index contributed by atoms with van der Waals surface area (Å²) in [5.41, 5.74) is 1.31. The van der Waals surface area contributed by atoms with Crippen molar-refractivity contribution in [1.29, 1.82) is 0 Å². The van der Waals surface area contributed by atoms with Gasteiger partial charge in [-0.15, -0.1) is 0 Å². The molecule has 0 saturated heterocycles. The first-order chi connectivity index (χ1) is 8.84. The fourth-order valence-corrected chi connectivity index (χ4v) is 3.34. The molecule has 1 aliphatic heterocycles. The number of hydrogen-bond donors (Lipinski definition) is 0. The monoisotopic (exact) mass is 245 g/mol. The van der Waals surface area contributed by atoms with Crippen LogP contribution in [0.25, 0.3) is 0 Å². The molecule has 0 N–H and O–H groups in total. The number of hydrogen-bond acceptors (Lipinski definition) is 2. The zero-order valence-electron chi connectivity index (χ0n) is 11.3. The summed E-state index contributed by atoms with van der Waals surface area (Å²) in [6.45, 7) is 3.22. The van der Waals surface area contributed by atoms with E-state index in [4.69, 9.17) is 4.74 Å². The van der Waals surface area contributed by atoms with Crippen molar-refractivity contribution in [2.75, 3.05) is 11.4 Å². The van der Waals surface area contributed by atoms with Crippen LogP contribution in [-0.2, 0) is 0 Å². The molecule has 98 valence electrons. The summed E-state index contributed by atoms with van der Waals surface area (Å²) >= 11 is 0. The summed E-state index contributed by atoms with van der Waals surface area (Å²) in [4.78, 5) is 2.61. The Balaban J connectivity index is 1.86. The van der Waals surface area contributed by atoms with Crippen LogP contribution in [0.2, 0.25) is 0 Å². The van der Waals surface area contributed by atoms with E-state index in [-0.39, 0.29) is 0 Å². The fraction of sp³-hybridized carbons (Fsp3) is 0.625. The van der Waals surface area contributed by atoms with E-state index in [1.165, 1.54) is 44.2 Å². The lowest BCUT2D eigenvalue weighted by Gasteiger charge is -2.40. The van der Waals surface area contributed by atoms with Gasteiger partial charge in [0.2, 0.25) is 0 Å². The molecule has 1 heterocycles. The van der Waals surface area contributed by atoms with Crippen molar-refractivity contribution in [2.45, 2.75) is 57.6 Å². The molecule has 0 aromatic heterocycles. The van der Waals surface area contributed by atoms with Crippen molar-refractivity contribution >= 4 is 5.69 Å². The summed E-state index contributed by atoms with van der Waals surface area (Å²) in [7, 11) is 0. The van der Waals surface area contributed by atoms with Gasteiger partial charge >= 0.3 is 0 Å². The maximum atomic E-state index is 5.94. The third kappa shape index (κ3) is 2.33. The van der Waals surface area contributed by atoms with Crippen LogP contribution in [0.1, 0.15) is 45.4 Å². The number of nitrogens with zero attached hydrogens (tertiary/aromatic N) is 1. The van der Waals surface area contributed by atoms with Crippen molar-refractivity contribution in [1.82, 2.24) is 0 Å². The van der Waals surface area contributed by atoms with Crippen LogP contribution in [-0.4, -0.2) is 18.7 Å². The van der Waals surface area contributed by atoms with Gasteiger partial charge in [0.15, 0.2) is 0 Å². The molecule has 0 bridgehead atoms. The zero-order chi connectivity index (χ0) is 12.4. The second kappa shape index (κ2) is 5.21. The van der Waals surface area contributed by atoms with Crippen LogP contribution in [0.5, 0.6) is 5.75 Å². The van der Waals surface area contributed by atoms with Gasteiger partial charge in [0.05, 0.1) is 12.2 Å². The average molecular weight is 245 g/mol. The van der Waals surface area contributed by atoms with Gasteiger partial charge < -0.3 is 9.64 Å². The number of benzene rings is 1. The van der Waals surface area contributed by atoms with Crippen molar-refractivity contribution in [2.24, 2.45) is 0 Å². The highest BCUT2D eigenvalue weighted by Gasteiger charge is 2.28. The molecule has 1 fully saturated rings. The molecule has 1 saturated carbocycles. The standard InChI is InChI=1S/C16H23NO/c1-13-12-17(14-8-4-2-3-5-9-14)15-10-6-7-11-16(15)18-13/h6-7,10-11,13-14H,2-5,8-9,12H2,1H3. The lowest BCUT2D eigenvalue weighted by atomic mass is 10.0. The molecule has 0 amide bonds. The number of rotatable bonds is 1. The van der Waals surface area contributed by atoms with Crippen molar-refractivity contribution in [3.63, 3.8) is 0 Å². The Labute approximate surface area is 110 Å². The topological polar surface area (TPSA) is 12.5 Å². The van der Waals surface area contributed by atoms with Gasteiger partial charge in [-0.3, -0.25) is 0 Å². The molecule has 1 atom stereocenters. The Morgan fingerprint density at radius 1 is 1.06 bits per heavy atom. The van der Waals surface area contributed by atoms with E-state index < -0.39 is 0 Å². The van der Waals surface area contributed by atoms with Gasteiger partial charge in [0.25, 0.3) is 0 Å². The van der Waals surface area contributed by atoms with Crippen LogP contribution in [0.4, 0.5) is 5.69 Å². The molecular formula is C16H23NO. The SMILES string of the molecule is CC1CN(C2CCCCCC2)c2ccccc2O1. The van der Waals surface area contributed by atoms with Gasteiger partial charge in [-0.2, -0.15) is 0 Å². The molecule has 2 nitrogen and oxygen atoms in total. The minimum absolute atomic E-state index is 0.308. The minimum atomic E-state index is 0.308. The van der Waals surface area contributed by atoms with E-state index in [1.807, 2.05) is 0 Å². The summed E-state index contributed by atoms with van der Waals surface area (Å²) in [6, 6.07) is 9.24. The normalized spacial score (nSPS) is 25.2. The van der Waals surface area contributed by atoms with Gasteiger partial charge in [-0.05, 0) is 31.9 Å². The Kier molecular flexibility index (Phi) is 3.44. The van der Waals surface area contributed by atoms with Gasteiger partial charge in [-0.25, -0.2) is 0 Å². The molecular weight excluding hydrogens is 222 g/mol. The number of anilines is 1. The smallest absolute Gasteiger partial charge is 0.143 e. The van der Waals surface area contributed by atoms with Crippen molar-refractivity contribution < 1.29 is 4.74 Å². The number of ether oxygens (including phenoxy) is 1. The maximum Gasteiger partial charge on any atom is 0.143 e. The largest absolute Gasteiger partial charge is 0.487 e. The fourth-order valence-electron chi connectivity index (χ4n) is 3.34. The zero-order valence-corrected chi connectivity index (χ0v) is 11.3.